The first-order valence-corrected chi connectivity index (χ1v) is 10.8. The van der Waals surface area contributed by atoms with E-state index in [0.717, 1.165) is 5.56 Å². The van der Waals surface area contributed by atoms with Gasteiger partial charge < -0.3 is 4.42 Å². The number of non-ortho nitro benzene ring substituents is 1. The summed E-state index contributed by atoms with van der Waals surface area (Å²) in [6.45, 7) is 6.27. The molecule has 9 heteroatoms. The number of thiocarbonyl (C=S) groups is 1. The minimum Gasteiger partial charge on any atom is -0.457 e. The maximum absolute atomic E-state index is 13.2. The summed E-state index contributed by atoms with van der Waals surface area (Å²) in [6, 6.07) is 16.6. The maximum atomic E-state index is 13.2. The molecule has 0 bridgehead atoms. The molecule has 1 N–H and O–H groups in total. The Morgan fingerprint density at radius 1 is 1.00 bits per heavy atom. The molecule has 1 aliphatic rings. The zero-order valence-corrected chi connectivity index (χ0v) is 19.5. The fourth-order valence-corrected chi connectivity index (χ4v) is 3.76. The fourth-order valence-electron chi connectivity index (χ4n) is 3.48. The van der Waals surface area contributed by atoms with E-state index in [1.165, 1.54) is 23.1 Å². The quantitative estimate of drug-likeness (QED) is 0.187. The van der Waals surface area contributed by atoms with Gasteiger partial charge in [-0.05, 0) is 65.7 Å². The van der Waals surface area contributed by atoms with Crippen LogP contribution < -0.4 is 10.2 Å². The van der Waals surface area contributed by atoms with E-state index >= 15 is 0 Å². The molecule has 0 spiro atoms. The van der Waals surface area contributed by atoms with Gasteiger partial charge in [-0.15, -0.1) is 0 Å². The lowest BCUT2D eigenvalue weighted by molar-refractivity contribution is -0.384. The number of furan rings is 1. The van der Waals surface area contributed by atoms with E-state index in [9.17, 15) is 19.7 Å². The normalized spacial score (nSPS) is 15.6. The van der Waals surface area contributed by atoms with E-state index in [4.69, 9.17) is 16.6 Å². The van der Waals surface area contributed by atoms with Crippen LogP contribution in [0.15, 0.2) is 70.7 Å². The largest absolute Gasteiger partial charge is 0.457 e. The van der Waals surface area contributed by atoms with Gasteiger partial charge in [0.1, 0.15) is 17.1 Å². The molecule has 0 unspecified atom stereocenters. The topological polar surface area (TPSA) is 106 Å². The van der Waals surface area contributed by atoms with Gasteiger partial charge in [0.15, 0.2) is 5.11 Å². The number of nitro benzene ring substituents is 1. The Morgan fingerprint density at radius 2 is 1.65 bits per heavy atom. The highest BCUT2D eigenvalue weighted by Gasteiger charge is 2.35. The Balaban J connectivity index is 1.62. The summed E-state index contributed by atoms with van der Waals surface area (Å²) in [5, 5.41) is 13.4. The Hall–Kier alpha value is -4.11. The van der Waals surface area contributed by atoms with Gasteiger partial charge in [0.2, 0.25) is 0 Å². The second-order valence-electron chi connectivity index (χ2n) is 8.76. The Bertz CT molecular complexity index is 1330. The number of nitro groups is 1. The van der Waals surface area contributed by atoms with Crippen molar-refractivity contribution >= 4 is 46.6 Å². The van der Waals surface area contributed by atoms with Crippen molar-refractivity contribution in [3.05, 3.63) is 87.7 Å². The lowest BCUT2D eigenvalue weighted by Crippen LogP contribution is -2.54. The third-order valence-electron chi connectivity index (χ3n) is 5.37. The van der Waals surface area contributed by atoms with E-state index in [1.54, 1.807) is 36.4 Å². The van der Waals surface area contributed by atoms with Gasteiger partial charge in [-0.2, -0.15) is 0 Å². The smallest absolute Gasteiger partial charge is 0.270 e. The number of rotatable bonds is 4. The van der Waals surface area contributed by atoms with Crippen LogP contribution in [0.2, 0.25) is 0 Å². The molecule has 1 aromatic heterocycles. The molecule has 0 saturated carbocycles. The molecule has 172 valence electrons. The predicted octanol–water partition coefficient (Wildman–Crippen LogP) is 4.98. The molecule has 0 aliphatic carbocycles. The minimum atomic E-state index is -0.620. The van der Waals surface area contributed by atoms with Gasteiger partial charge in [0.05, 0.1) is 10.6 Å². The highest BCUT2D eigenvalue weighted by molar-refractivity contribution is 7.80. The second-order valence-corrected chi connectivity index (χ2v) is 9.15. The number of hydrogen-bond donors (Lipinski definition) is 1. The first kappa shape index (κ1) is 23.1. The minimum absolute atomic E-state index is 0.00155. The average Bonchev–Trinajstić information content (AvgIpc) is 3.25. The number of amides is 2. The van der Waals surface area contributed by atoms with Crippen molar-refractivity contribution in [2.24, 2.45) is 0 Å². The van der Waals surface area contributed by atoms with Crippen LogP contribution >= 0.6 is 12.2 Å². The molecule has 34 heavy (non-hydrogen) atoms. The van der Waals surface area contributed by atoms with Crippen LogP contribution in [-0.4, -0.2) is 21.9 Å². The molecule has 1 aliphatic heterocycles. The zero-order valence-electron chi connectivity index (χ0n) is 18.7. The zero-order chi connectivity index (χ0) is 24.6. The molecule has 2 amide bonds. The lowest BCUT2D eigenvalue weighted by Gasteiger charge is -2.29. The van der Waals surface area contributed by atoms with Crippen LogP contribution in [0.3, 0.4) is 0 Å². The predicted molar refractivity (Wildman–Crippen MR) is 132 cm³/mol. The molecule has 0 atom stereocenters. The van der Waals surface area contributed by atoms with Crippen LogP contribution in [0.4, 0.5) is 11.4 Å². The van der Waals surface area contributed by atoms with Gasteiger partial charge in [-0.25, -0.2) is 0 Å². The second kappa shape index (κ2) is 8.68. The van der Waals surface area contributed by atoms with Crippen LogP contribution in [0.5, 0.6) is 0 Å². The first-order valence-electron chi connectivity index (χ1n) is 10.4. The van der Waals surface area contributed by atoms with E-state index < -0.39 is 16.7 Å². The lowest BCUT2D eigenvalue weighted by atomic mass is 9.87. The van der Waals surface area contributed by atoms with Gasteiger partial charge in [-0.3, -0.25) is 29.9 Å². The Labute approximate surface area is 201 Å². The summed E-state index contributed by atoms with van der Waals surface area (Å²) in [5.41, 5.74) is 2.05. The number of carbonyl (C=O) groups is 2. The third-order valence-corrected chi connectivity index (χ3v) is 5.65. The van der Waals surface area contributed by atoms with Gasteiger partial charge >= 0.3 is 0 Å². The number of anilines is 1. The maximum Gasteiger partial charge on any atom is 0.270 e. The number of nitrogens with zero attached hydrogens (tertiary/aromatic N) is 2. The van der Waals surface area contributed by atoms with Crippen molar-refractivity contribution in [3.63, 3.8) is 0 Å². The molecular formula is C25H21N3O5S. The highest BCUT2D eigenvalue weighted by Crippen LogP contribution is 2.29. The van der Waals surface area contributed by atoms with E-state index in [2.05, 4.69) is 26.1 Å². The van der Waals surface area contributed by atoms with Crippen LogP contribution in [0, 0.1) is 10.1 Å². The van der Waals surface area contributed by atoms with Crippen molar-refractivity contribution in [1.82, 2.24) is 5.32 Å². The number of nitrogens with one attached hydrogen (secondary N) is 1. The molecule has 2 aromatic carbocycles. The summed E-state index contributed by atoms with van der Waals surface area (Å²) < 4.78 is 5.76. The van der Waals surface area contributed by atoms with Crippen molar-refractivity contribution in [1.29, 1.82) is 0 Å². The molecule has 4 rings (SSSR count). The van der Waals surface area contributed by atoms with Gasteiger partial charge in [-0.1, -0.05) is 32.9 Å². The van der Waals surface area contributed by atoms with Crippen LogP contribution in [-0.2, 0) is 15.0 Å². The summed E-state index contributed by atoms with van der Waals surface area (Å²) in [7, 11) is 0. The highest BCUT2D eigenvalue weighted by atomic mass is 32.1. The monoisotopic (exact) mass is 475 g/mol. The Kier molecular flexibility index (Phi) is 5.89. The fraction of sp³-hybridized carbons (Fsp3) is 0.160. The molecule has 2 heterocycles. The van der Waals surface area contributed by atoms with Crippen molar-refractivity contribution in [3.8, 4) is 11.3 Å². The first-order chi connectivity index (χ1) is 16.0. The average molecular weight is 476 g/mol. The third kappa shape index (κ3) is 4.51. The Morgan fingerprint density at radius 3 is 2.24 bits per heavy atom. The van der Waals surface area contributed by atoms with E-state index in [0.29, 0.717) is 17.0 Å². The molecule has 8 nitrogen and oxygen atoms in total. The summed E-state index contributed by atoms with van der Waals surface area (Å²) >= 11 is 5.26. The molecule has 1 fully saturated rings. The van der Waals surface area contributed by atoms with Crippen molar-refractivity contribution < 1.29 is 18.9 Å². The SMILES string of the molecule is CC(C)(C)c1ccc(N2C(=O)/C(=C\c3ccc(-c4ccc([N+](=O)[O-])cc4)o3)C(=O)NC2=S)cc1. The van der Waals surface area contributed by atoms with Crippen molar-refractivity contribution in [2.75, 3.05) is 4.90 Å². The standard InChI is InChI=1S/C25H21N3O5S/c1-25(2,3)16-6-10-17(11-7-16)27-23(30)20(22(29)26-24(27)34)14-19-12-13-21(33-19)15-4-8-18(9-5-15)28(31)32/h4-14H,1-3H3,(H,26,29,34)/b20-14-. The summed E-state index contributed by atoms with van der Waals surface area (Å²) in [4.78, 5) is 37.4. The molecular weight excluding hydrogens is 454 g/mol. The van der Waals surface area contributed by atoms with Gasteiger partial charge in [0, 0.05) is 17.7 Å². The summed E-state index contributed by atoms with van der Waals surface area (Å²) in [6.07, 6.45) is 1.35. The van der Waals surface area contributed by atoms with Gasteiger partial charge in [0.25, 0.3) is 17.5 Å². The molecule has 1 saturated heterocycles. The number of hydrogen-bond acceptors (Lipinski definition) is 6. The molecule has 0 radical (unpaired) electrons. The number of carbonyl (C=O) groups excluding carboxylic acids is 2. The van der Waals surface area contributed by atoms with Crippen molar-refractivity contribution in [2.45, 2.75) is 26.2 Å². The van der Waals surface area contributed by atoms with E-state index in [-0.39, 0.29) is 27.5 Å². The molecule has 3 aromatic rings. The van der Waals surface area contributed by atoms with Crippen LogP contribution in [0.25, 0.3) is 17.4 Å². The summed E-state index contributed by atoms with van der Waals surface area (Å²) in [5.74, 6) is -0.463. The van der Waals surface area contributed by atoms with E-state index in [1.807, 2.05) is 12.1 Å². The van der Waals surface area contributed by atoms with Crippen LogP contribution in [0.1, 0.15) is 32.1 Å². The number of benzene rings is 2.